The van der Waals surface area contributed by atoms with Crippen LogP contribution in [0.3, 0.4) is 0 Å². The molecule has 2 N–H and O–H groups in total. The van der Waals surface area contributed by atoms with Crippen LogP contribution < -0.4 is 10.6 Å². The minimum absolute atomic E-state index is 0.0525. The number of fused-ring (bicyclic) bond motifs is 1. The lowest BCUT2D eigenvalue weighted by molar-refractivity contribution is -0.128. The summed E-state index contributed by atoms with van der Waals surface area (Å²) in [6.45, 7) is 3.24. The lowest BCUT2D eigenvalue weighted by Gasteiger charge is -2.44. The Morgan fingerprint density at radius 1 is 1.16 bits per heavy atom. The number of nitrogens with one attached hydrogen (secondary N) is 2. The molecule has 1 aromatic carbocycles. The summed E-state index contributed by atoms with van der Waals surface area (Å²) in [5.74, 6) is 0.171. The Kier molecular flexibility index (Phi) is 7.13. The minimum Gasteiger partial charge on any atom is -0.356 e. The van der Waals surface area contributed by atoms with Crippen molar-refractivity contribution in [3.8, 4) is 0 Å². The SMILES string of the molecule is O=C(CC[C@@H]1NC(=O)N(Cc2cccc(Cl)c2)C1=O)NC[C@H]1CCCN2CCCC[C@@H]12. The van der Waals surface area contributed by atoms with Crippen LogP contribution in [-0.2, 0) is 16.1 Å². The lowest BCUT2D eigenvalue weighted by atomic mass is 9.83. The van der Waals surface area contributed by atoms with E-state index in [1.807, 2.05) is 6.07 Å². The lowest BCUT2D eigenvalue weighted by Crippen LogP contribution is -2.51. The van der Waals surface area contributed by atoms with E-state index in [4.69, 9.17) is 11.6 Å². The topological polar surface area (TPSA) is 81.8 Å². The highest BCUT2D eigenvalue weighted by molar-refractivity contribution is 6.30. The maximum atomic E-state index is 12.7. The van der Waals surface area contributed by atoms with Gasteiger partial charge in [-0.3, -0.25) is 14.5 Å². The molecule has 1 aromatic rings. The first-order chi connectivity index (χ1) is 15.0. The van der Waals surface area contributed by atoms with Crippen LogP contribution in [0.4, 0.5) is 4.79 Å². The summed E-state index contributed by atoms with van der Waals surface area (Å²) in [7, 11) is 0. The molecular formula is C23H31ClN4O3. The first-order valence-electron chi connectivity index (χ1n) is 11.4. The number of imide groups is 1. The Balaban J connectivity index is 1.23. The molecule has 8 heteroatoms. The molecule has 7 nitrogen and oxygen atoms in total. The third-order valence-electron chi connectivity index (χ3n) is 6.79. The first-order valence-corrected chi connectivity index (χ1v) is 11.8. The second-order valence-corrected chi connectivity index (χ2v) is 9.34. The van der Waals surface area contributed by atoms with Gasteiger partial charge in [-0.05, 0) is 68.8 Å². The average Bonchev–Trinajstić information content (AvgIpc) is 3.04. The number of halogens is 1. The highest BCUT2D eigenvalue weighted by Crippen LogP contribution is 2.30. The maximum absolute atomic E-state index is 12.7. The van der Waals surface area contributed by atoms with Crippen LogP contribution in [0.2, 0.25) is 5.02 Å². The van der Waals surface area contributed by atoms with Crippen LogP contribution in [-0.4, -0.2) is 59.4 Å². The van der Waals surface area contributed by atoms with Crippen LogP contribution in [0.5, 0.6) is 0 Å². The second kappa shape index (κ2) is 10.0. The van der Waals surface area contributed by atoms with Gasteiger partial charge in [0.25, 0.3) is 5.91 Å². The number of rotatable bonds is 7. The normalized spacial score (nSPS) is 26.5. The number of benzene rings is 1. The van der Waals surface area contributed by atoms with Gasteiger partial charge in [-0.15, -0.1) is 0 Å². The fourth-order valence-corrected chi connectivity index (χ4v) is 5.38. The fourth-order valence-electron chi connectivity index (χ4n) is 5.16. The van der Waals surface area contributed by atoms with E-state index < -0.39 is 12.1 Å². The molecule has 0 aliphatic carbocycles. The van der Waals surface area contributed by atoms with Gasteiger partial charge in [-0.1, -0.05) is 30.2 Å². The second-order valence-electron chi connectivity index (χ2n) is 8.90. The molecular weight excluding hydrogens is 416 g/mol. The molecule has 3 aliphatic rings. The highest BCUT2D eigenvalue weighted by atomic mass is 35.5. The van der Waals surface area contributed by atoms with Crippen molar-refractivity contribution in [1.82, 2.24) is 20.4 Å². The average molecular weight is 447 g/mol. The molecule has 31 heavy (non-hydrogen) atoms. The summed E-state index contributed by atoms with van der Waals surface area (Å²) in [5.41, 5.74) is 0.790. The van der Waals surface area contributed by atoms with Gasteiger partial charge < -0.3 is 15.5 Å². The molecule has 0 aromatic heterocycles. The van der Waals surface area contributed by atoms with Crippen molar-refractivity contribution in [2.45, 2.75) is 63.6 Å². The standard InChI is InChI=1S/C23H31ClN4O3/c24-18-7-3-5-16(13-18)15-28-22(30)19(26-23(28)31)9-10-21(29)25-14-17-6-4-12-27-11-2-1-8-20(17)27/h3,5,7,13,17,19-20H,1-2,4,6,8-12,14-15H2,(H,25,29)(H,26,31)/t17-,19+,20+/m1/s1. The van der Waals surface area contributed by atoms with Gasteiger partial charge in [0.05, 0.1) is 6.54 Å². The fraction of sp³-hybridized carbons (Fsp3) is 0.609. The Morgan fingerprint density at radius 2 is 2.00 bits per heavy atom. The molecule has 3 saturated heterocycles. The van der Waals surface area contributed by atoms with E-state index in [0.717, 1.165) is 12.0 Å². The summed E-state index contributed by atoms with van der Waals surface area (Å²) in [5, 5.41) is 6.34. The van der Waals surface area contributed by atoms with E-state index in [1.165, 1.54) is 43.7 Å². The number of carbonyl (C=O) groups is 3. The van der Waals surface area contributed by atoms with Crippen molar-refractivity contribution in [3.63, 3.8) is 0 Å². The predicted octanol–water partition coefficient (Wildman–Crippen LogP) is 2.92. The van der Waals surface area contributed by atoms with E-state index >= 15 is 0 Å². The molecule has 0 saturated carbocycles. The van der Waals surface area contributed by atoms with Gasteiger partial charge in [-0.2, -0.15) is 0 Å². The van der Waals surface area contributed by atoms with E-state index in [9.17, 15) is 14.4 Å². The molecule has 0 bridgehead atoms. The van der Waals surface area contributed by atoms with E-state index in [0.29, 0.717) is 29.9 Å². The zero-order valence-corrected chi connectivity index (χ0v) is 18.6. The maximum Gasteiger partial charge on any atom is 0.325 e. The molecule has 168 valence electrons. The smallest absolute Gasteiger partial charge is 0.325 e. The Hall–Kier alpha value is -2.12. The van der Waals surface area contributed by atoms with Gasteiger partial charge in [0.1, 0.15) is 6.04 Å². The van der Waals surface area contributed by atoms with Gasteiger partial charge in [0, 0.05) is 24.0 Å². The van der Waals surface area contributed by atoms with Crippen LogP contribution in [0.25, 0.3) is 0 Å². The Bertz CT molecular complexity index is 831. The number of amides is 4. The largest absolute Gasteiger partial charge is 0.356 e. The van der Waals surface area contributed by atoms with Crippen LogP contribution in [0, 0.1) is 5.92 Å². The number of hydrogen-bond donors (Lipinski definition) is 2. The monoisotopic (exact) mass is 446 g/mol. The molecule has 3 fully saturated rings. The van der Waals surface area contributed by atoms with E-state index in [1.54, 1.807) is 18.2 Å². The summed E-state index contributed by atoms with van der Waals surface area (Å²) >= 11 is 5.99. The first kappa shape index (κ1) is 22.1. The summed E-state index contributed by atoms with van der Waals surface area (Å²) in [4.78, 5) is 41.1. The molecule has 0 radical (unpaired) electrons. The van der Waals surface area contributed by atoms with Crippen molar-refractivity contribution in [3.05, 3.63) is 34.9 Å². The van der Waals surface area contributed by atoms with Gasteiger partial charge in [0.2, 0.25) is 5.91 Å². The summed E-state index contributed by atoms with van der Waals surface area (Å²) in [6.07, 6.45) is 6.68. The van der Waals surface area contributed by atoms with Gasteiger partial charge in [0.15, 0.2) is 0 Å². The van der Waals surface area contributed by atoms with Crippen molar-refractivity contribution >= 4 is 29.4 Å². The number of hydrogen-bond acceptors (Lipinski definition) is 4. The third kappa shape index (κ3) is 5.39. The minimum atomic E-state index is -0.652. The molecule has 0 unspecified atom stereocenters. The summed E-state index contributed by atoms with van der Waals surface area (Å²) < 4.78 is 0. The number of nitrogens with zero attached hydrogens (tertiary/aromatic N) is 2. The van der Waals surface area contributed by atoms with Crippen molar-refractivity contribution in [2.24, 2.45) is 5.92 Å². The van der Waals surface area contributed by atoms with E-state index in [-0.39, 0.29) is 24.8 Å². The van der Waals surface area contributed by atoms with Crippen molar-refractivity contribution < 1.29 is 14.4 Å². The van der Waals surface area contributed by atoms with E-state index in [2.05, 4.69) is 15.5 Å². The molecule has 3 atom stereocenters. The van der Waals surface area contributed by atoms with Crippen molar-refractivity contribution in [2.75, 3.05) is 19.6 Å². The van der Waals surface area contributed by atoms with Crippen LogP contribution in [0.15, 0.2) is 24.3 Å². The molecule has 4 rings (SSSR count). The zero-order valence-electron chi connectivity index (χ0n) is 17.8. The number of urea groups is 1. The Morgan fingerprint density at radius 3 is 2.84 bits per heavy atom. The number of piperidine rings is 2. The molecule has 3 heterocycles. The summed E-state index contributed by atoms with van der Waals surface area (Å²) in [6, 6.07) is 6.62. The molecule has 3 aliphatic heterocycles. The molecule has 0 spiro atoms. The van der Waals surface area contributed by atoms with Gasteiger partial charge >= 0.3 is 6.03 Å². The number of carbonyl (C=O) groups excluding carboxylic acids is 3. The highest BCUT2D eigenvalue weighted by Gasteiger charge is 2.38. The van der Waals surface area contributed by atoms with Crippen LogP contribution in [0.1, 0.15) is 50.5 Å². The Labute approximate surface area is 188 Å². The molecule has 4 amide bonds. The quantitative estimate of drug-likeness (QED) is 0.631. The third-order valence-corrected chi connectivity index (χ3v) is 7.02. The predicted molar refractivity (Wildman–Crippen MR) is 119 cm³/mol. The van der Waals surface area contributed by atoms with Gasteiger partial charge in [-0.25, -0.2) is 4.79 Å². The zero-order chi connectivity index (χ0) is 21.8. The van der Waals surface area contributed by atoms with Crippen molar-refractivity contribution in [1.29, 1.82) is 0 Å². The van der Waals surface area contributed by atoms with Crippen LogP contribution >= 0.6 is 11.6 Å².